The average molecular weight is 346 g/mol. The zero-order chi connectivity index (χ0) is 16.8. The van der Waals surface area contributed by atoms with Crippen molar-refractivity contribution in [3.05, 3.63) is 77.1 Å². The highest BCUT2D eigenvalue weighted by molar-refractivity contribution is 5.85. The smallest absolute Gasteiger partial charge is 0.0500 e. The van der Waals surface area contributed by atoms with Gasteiger partial charge in [0.1, 0.15) is 0 Å². The molecule has 3 heteroatoms. The Hall–Kier alpha value is -1.64. The fourth-order valence-electron chi connectivity index (χ4n) is 3.28. The molecule has 1 aromatic carbocycles. The fraction of sp³-hybridized carbons (Fsp3) is 0.381. The van der Waals surface area contributed by atoms with Crippen molar-refractivity contribution in [1.82, 2.24) is 4.98 Å². The van der Waals surface area contributed by atoms with Crippen LogP contribution in [0, 0.1) is 13.8 Å². The second-order valence-corrected chi connectivity index (χ2v) is 6.68. The number of aliphatic hydroxyl groups excluding tert-OH is 1. The first-order chi connectivity index (χ1) is 11.0. The molecule has 0 aliphatic carbocycles. The van der Waals surface area contributed by atoms with Gasteiger partial charge in [0.15, 0.2) is 0 Å². The van der Waals surface area contributed by atoms with E-state index in [0.29, 0.717) is 5.92 Å². The summed E-state index contributed by atoms with van der Waals surface area (Å²) in [5, 5.41) is 9.87. The second kappa shape index (κ2) is 9.61. The van der Waals surface area contributed by atoms with Gasteiger partial charge in [-0.15, -0.1) is 19.0 Å². The van der Waals surface area contributed by atoms with Crippen LogP contribution in [-0.2, 0) is 0 Å². The minimum absolute atomic E-state index is 0. The number of halogens is 1. The Bertz CT molecular complexity index is 634. The van der Waals surface area contributed by atoms with Crippen molar-refractivity contribution in [1.29, 1.82) is 0 Å². The molecule has 24 heavy (non-hydrogen) atoms. The SMILES string of the molecule is C=C(C)C[C@@H](C[C@@H](CO)c1cccnc1)c1cc(C)cc(C)c1.Cl. The highest BCUT2D eigenvalue weighted by Gasteiger charge is 2.20. The number of nitrogens with zero attached hydrogens (tertiary/aromatic N) is 1. The highest BCUT2D eigenvalue weighted by atomic mass is 35.5. The number of hydrogen-bond donors (Lipinski definition) is 1. The molecule has 1 aromatic heterocycles. The van der Waals surface area contributed by atoms with Gasteiger partial charge in [-0.05, 0) is 56.7 Å². The molecule has 0 aliphatic heterocycles. The average Bonchev–Trinajstić information content (AvgIpc) is 2.51. The maximum absolute atomic E-state index is 9.87. The third-order valence-electron chi connectivity index (χ3n) is 4.26. The summed E-state index contributed by atoms with van der Waals surface area (Å²) in [6.07, 6.45) is 5.48. The lowest BCUT2D eigenvalue weighted by Crippen LogP contribution is -2.11. The van der Waals surface area contributed by atoms with Crippen LogP contribution in [0.3, 0.4) is 0 Å². The maximum Gasteiger partial charge on any atom is 0.0500 e. The molecular weight excluding hydrogens is 318 g/mol. The van der Waals surface area contributed by atoms with Crippen LogP contribution in [0.1, 0.15) is 53.9 Å². The predicted molar refractivity (Wildman–Crippen MR) is 104 cm³/mol. The third-order valence-corrected chi connectivity index (χ3v) is 4.26. The fourth-order valence-corrected chi connectivity index (χ4v) is 3.28. The Morgan fingerprint density at radius 2 is 1.79 bits per heavy atom. The van der Waals surface area contributed by atoms with Crippen molar-refractivity contribution >= 4 is 12.4 Å². The van der Waals surface area contributed by atoms with Gasteiger partial charge in [-0.2, -0.15) is 0 Å². The van der Waals surface area contributed by atoms with E-state index in [1.54, 1.807) is 6.20 Å². The molecule has 0 bridgehead atoms. The molecule has 2 aromatic rings. The zero-order valence-electron chi connectivity index (χ0n) is 14.8. The Balaban J connectivity index is 0.00000288. The minimum atomic E-state index is 0. The molecule has 2 atom stereocenters. The first-order valence-corrected chi connectivity index (χ1v) is 8.23. The van der Waals surface area contributed by atoms with Crippen LogP contribution in [0.15, 0.2) is 54.9 Å². The minimum Gasteiger partial charge on any atom is -0.396 e. The molecule has 2 nitrogen and oxygen atoms in total. The van der Waals surface area contributed by atoms with Gasteiger partial charge in [-0.3, -0.25) is 4.98 Å². The van der Waals surface area contributed by atoms with Gasteiger partial charge in [0.05, 0.1) is 6.61 Å². The second-order valence-electron chi connectivity index (χ2n) is 6.68. The molecule has 1 N–H and O–H groups in total. The molecule has 0 aliphatic rings. The molecule has 1 heterocycles. The van der Waals surface area contributed by atoms with E-state index in [0.717, 1.165) is 18.4 Å². The maximum atomic E-state index is 9.87. The quantitative estimate of drug-likeness (QED) is 0.687. The van der Waals surface area contributed by atoms with Crippen molar-refractivity contribution in [3.63, 3.8) is 0 Å². The van der Waals surface area contributed by atoms with Crippen molar-refractivity contribution in [3.8, 4) is 0 Å². The third kappa shape index (κ3) is 5.77. The first-order valence-electron chi connectivity index (χ1n) is 8.23. The predicted octanol–water partition coefficient (Wildman–Crippen LogP) is 5.34. The standard InChI is InChI=1S/C21H27NO.ClH/c1-15(2)8-19(20-10-16(3)9-17(4)11-20)12-21(14-23)18-6-5-7-22-13-18;/h5-7,9-11,13,19,21,23H,1,8,12,14H2,2-4H3;1H/t19-,21-;/m0./s1. The van der Waals surface area contributed by atoms with E-state index in [1.165, 1.54) is 22.3 Å². The van der Waals surface area contributed by atoms with Crippen LogP contribution < -0.4 is 0 Å². The molecule has 0 fully saturated rings. The van der Waals surface area contributed by atoms with Gasteiger partial charge < -0.3 is 5.11 Å². The summed E-state index contributed by atoms with van der Waals surface area (Å²) in [7, 11) is 0. The number of hydrogen-bond acceptors (Lipinski definition) is 2. The Kier molecular flexibility index (Phi) is 8.17. The van der Waals surface area contributed by atoms with Crippen molar-refractivity contribution < 1.29 is 5.11 Å². The molecule has 0 saturated carbocycles. The van der Waals surface area contributed by atoms with Crippen LogP contribution in [0.25, 0.3) is 0 Å². The van der Waals surface area contributed by atoms with Crippen LogP contribution in [-0.4, -0.2) is 16.7 Å². The highest BCUT2D eigenvalue weighted by Crippen LogP contribution is 2.34. The number of aromatic nitrogens is 1. The van der Waals surface area contributed by atoms with E-state index in [2.05, 4.69) is 50.5 Å². The summed E-state index contributed by atoms with van der Waals surface area (Å²) in [5.74, 6) is 0.470. The topological polar surface area (TPSA) is 33.1 Å². The van der Waals surface area contributed by atoms with E-state index < -0.39 is 0 Å². The summed E-state index contributed by atoms with van der Waals surface area (Å²) >= 11 is 0. The van der Waals surface area contributed by atoms with Crippen LogP contribution in [0.4, 0.5) is 0 Å². The van der Waals surface area contributed by atoms with Gasteiger partial charge in [0.2, 0.25) is 0 Å². The molecule has 2 rings (SSSR count). The van der Waals surface area contributed by atoms with Gasteiger partial charge in [0, 0.05) is 18.3 Å². The Morgan fingerprint density at radius 1 is 1.12 bits per heavy atom. The van der Waals surface area contributed by atoms with E-state index in [1.807, 2.05) is 18.3 Å². The van der Waals surface area contributed by atoms with Gasteiger partial charge in [0.25, 0.3) is 0 Å². The zero-order valence-corrected chi connectivity index (χ0v) is 15.6. The Morgan fingerprint density at radius 3 is 2.29 bits per heavy atom. The molecule has 130 valence electrons. The first kappa shape index (κ1) is 20.4. The lowest BCUT2D eigenvalue weighted by atomic mass is 9.82. The molecule has 0 unspecified atom stereocenters. The molecule has 0 saturated heterocycles. The van der Waals surface area contributed by atoms with Gasteiger partial charge >= 0.3 is 0 Å². The van der Waals surface area contributed by atoms with E-state index in [-0.39, 0.29) is 24.9 Å². The summed E-state index contributed by atoms with van der Waals surface area (Å²) in [6.45, 7) is 10.6. The number of rotatable bonds is 7. The molecule has 0 amide bonds. The normalized spacial score (nSPS) is 13.0. The molecule has 0 spiro atoms. The van der Waals surface area contributed by atoms with Crippen LogP contribution in [0.5, 0.6) is 0 Å². The number of allylic oxidation sites excluding steroid dienone is 1. The van der Waals surface area contributed by atoms with Gasteiger partial charge in [-0.1, -0.05) is 41.0 Å². The lowest BCUT2D eigenvalue weighted by molar-refractivity contribution is 0.252. The number of aryl methyl sites for hydroxylation is 2. The van der Waals surface area contributed by atoms with Crippen LogP contribution >= 0.6 is 12.4 Å². The van der Waals surface area contributed by atoms with Crippen LogP contribution in [0.2, 0.25) is 0 Å². The number of benzene rings is 1. The molecule has 0 radical (unpaired) electrons. The van der Waals surface area contributed by atoms with E-state index in [9.17, 15) is 5.11 Å². The summed E-state index contributed by atoms with van der Waals surface area (Å²) in [6, 6.07) is 10.7. The lowest BCUT2D eigenvalue weighted by Gasteiger charge is -2.24. The summed E-state index contributed by atoms with van der Waals surface area (Å²) in [4.78, 5) is 4.19. The largest absolute Gasteiger partial charge is 0.396 e. The number of aliphatic hydroxyl groups is 1. The Labute approximate surface area is 152 Å². The number of pyridine rings is 1. The van der Waals surface area contributed by atoms with E-state index in [4.69, 9.17) is 0 Å². The monoisotopic (exact) mass is 345 g/mol. The van der Waals surface area contributed by atoms with Crippen molar-refractivity contribution in [2.45, 2.75) is 45.4 Å². The van der Waals surface area contributed by atoms with Crippen molar-refractivity contribution in [2.75, 3.05) is 6.61 Å². The summed E-state index contributed by atoms with van der Waals surface area (Å²) < 4.78 is 0. The van der Waals surface area contributed by atoms with Crippen molar-refractivity contribution in [2.24, 2.45) is 0 Å². The summed E-state index contributed by atoms with van der Waals surface area (Å²) in [5.41, 5.74) is 6.19. The van der Waals surface area contributed by atoms with E-state index >= 15 is 0 Å². The molecular formula is C21H28ClNO. The van der Waals surface area contributed by atoms with Gasteiger partial charge in [-0.25, -0.2) is 0 Å².